The first kappa shape index (κ1) is 19.0. The van der Waals surface area contributed by atoms with Gasteiger partial charge in [-0.2, -0.15) is 9.61 Å². The molecule has 2 heterocycles. The Morgan fingerprint density at radius 1 is 1.26 bits per heavy atom. The second-order valence-electron chi connectivity index (χ2n) is 6.30. The van der Waals surface area contributed by atoms with Gasteiger partial charge in [-0.1, -0.05) is 19.9 Å². The summed E-state index contributed by atoms with van der Waals surface area (Å²) in [5.41, 5.74) is 1.47. The number of aryl methyl sites for hydroxylation is 1. The molecule has 2 aromatic heterocycles. The van der Waals surface area contributed by atoms with E-state index in [1.54, 1.807) is 30.0 Å². The molecule has 0 saturated carbocycles. The fraction of sp³-hybridized carbons (Fsp3) is 0.333. The Morgan fingerprint density at radius 2 is 2.04 bits per heavy atom. The van der Waals surface area contributed by atoms with Crippen molar-refractivity contribution in [3.8, 4) is 5.75 Å². The van der Waals surface area contributed by atoms with Crippen molar-refractivity contribution < 1.29 is 9.53 Å². The third-order valence-electron chi connectivity index (χ3n) is 3.69. The van der Waals surface area contributed by atoms with Crippen LogP contribution in [0.15, 0.2) is 40.2 Å². The van der Waals surface area contributed by atoms with Gasteiger partial charge in [0.15, 0.2) is 5.65 Å². The Labute approximate surface area is 160 Å². The Balaban J connectivity index is 1.82. The molecule has 1 N–H and O–H groups in total. The number of methoxy groups -OCH3 is 1. The number of carbonyl (C=O) groups is 1. The molecule has 0 saturated heterocycles. The first-order chi connectivity index (χ1) is 12.9. The van der Waals surface area contributed by atoms with Gasteiger partial charge in [0.25, 0.3) is 0 Å². The van der Waals surface area contributed by atoms with Crippen molar-refractivity contribution in [3.05, 3.63) is 46.4 Å². The molecule has 9 heteroatoms. The predicted octanol–water partition coefficient (Wildman–Crippen LogP) is 2.35. The van der Waals surface area contributed by atoms with E-state index >= 15 is 0 Å². The van der Waals surface area contributed by atoms with Gasteiger partial charge in [0.05, 0.1) is 12.8 Å². The lowest BCUT2D eigenvalue weighted by Gasteiger charge is -2.10. The highest BCUT2D eigenvalue weighted by Crippen LogP contribution is 2.25. The van der Waals surface area contributed by atoms with Crippen molar-refractivity contribution in [2.45, 2.75) is 37.6 Å². The van der Waals surface area contributed by atoms with Crippen LogP contribution in [0, 0.1) is 6.92 Å². The number of fused-ring (bicyclic) bond motifs is 1. The van der Waals surface area contributed by atoms with Crippen LogP contribution in [-0.4, -0.2) is 37.7 Å². The van der Waals surface area contributed by atoms with Crippen LogP contribution in [0.2, 0.25) is 0 Å². The zero-order valence-electron chi connectivity index (χ0n) is 15.6. The largest absolute Gasteiger partial charge is 0.495 e. The molecule has 0 aliphatic carbocycles. The summed E-state index contributed by atoms with van der Waals surface area (Å²) < 4.78 is 7.57. The standard InChI is InChI=1S/C18H21N5O3S/c1-11(2)27-17-8-7-15-20-22(18(25)23(15)21-17)10-16(24)19-13-9-12(3)5-6-14(13)26-4/h5-9,11H,10H2,1-4H3,(H,19,24). The van der Waals surface area contributed by atoms with E-state index in [4.69, 9.17) is 4.74 Å². The molecule has 0 spiro atoms. The first-order valence-corrected chi connectivity index (χ1v) is 9.33. The van der Waals surface area contributed by atoms with E-state index in [2.05, 4.69) is 15.5 Å². The highest BCUT2D eigenvalue weighted by Gasteiger charge is 2.14. The number of nitrogens with one attached hydrogen (secondary N) is 1. The third kappa shape index (κ3) is 4.30. The molecule has 0 aliphatic rings. The molecular weight excluding hydrogens is 366 g/mol. The fourth-order valence-corrected chi connectivity index (χ4v) is 3.30. The van der Waals surface area contributed by atoms with Crippen molar-refractivity contribution in [2.24, 2.45) is 0 Å². The minimum Gasteiger partial charge on any atom is -0.495 e. The number of carbonyl (C=O) groups excluding carboxylic acids is 1. The summed E-state index contributed by atoms with van der Waals surface area (Å²) in [6, 6.07) is 9.01. The van der Waals surface area contributed by atoms with E-state index in [1.165, 1.54) is 11.6 Å². The van der Waals surface area contributed by atoms with Gasteiger partial charge in [-0.3, -0.25) is 4.79 Å². The van der Waals surface area contributed by atoms with Crippen LogP contribution < -0.4 is 15.7 Å². The topological polar surface area (TPSA) is 90.5 Å². The molecule has 3 aromatic rings. The summed E-state index contributed by atoms with van der Waals surface area (Å²) in [7, 11) is 1.53. The molecule has 0 bridgehead atoms. The van der Waals surface area contributed by atoms with Gasteiger partial charge >= 0.3 is 5.69 Å². The Morgan fingerprint density at radius 3 is 2.74 bits per heavy atom. The molecular formula is C18H21N5O3S. The van der Waals surface area contributed by atoms with E-state index in [-0.39, 0.29) is 12.5 Å². The summed E-state index contributed by atoms with van der Waals surface area (Å²) in [5.74, 6) is 0.175. The molecule has 0 aliphatic heterocycles. The highest BCUT2D eigenvalue weighted by atomic mass is 32.2. The molecule has 0 fully saturated rings. The van der Waals surface area contributed by atoms with E-state index < -0.39 is 5.69 Å². The minimum absolute atomic E-state index is 0.216. The van der Waals surface area contributed by atoms with Crippen molar-refractivity contribution >= 4 is 29.0 Å². The maximum atomic E-state index is 12.5. The van der Waals surface area contributed by atoms with Gasteiger partial charge in [-0.25, -0.2) is 9.48 Å². The van der Waals surface area contributed by atoms with Crippen LogP contribution >= 0.6 is 11.8 Å². The number of ether oxygens (including phenoxy) is 1. The number of thioether (sulfide) groups is 1. The summed E-state index contributed by atoms with van der Waals surface area (Å²) in [4.78, 5) is 24.9. The van der Waals surface area contributed by atoms with E-state index in [9.17, 15) is 9.59 Å². The molecule has 27 heavy (non-hydrogen) atoms. The van der Waals surface area contributed by atoms with Crippen molar-refractivity contribution in [1.29, 1.82) is 0 Å². The van der Waals surface area contributed by atoms with E-state index in [1.807, 2.05) is 32.9 Å². The van der Waals surface area contributed by atoms with Gasteiger partial charge in [0.2, 0.25) is 5.91 Å². The normalized spacial score (nSPS) is 11.1. The van der Waals surface area contributed by atoms with Gasteiger partial charge < -0.3 is 10.1 Å². The molecule has 0 unspecified atom stereocenters. The average molecular weight is 387 g/mol. The Kier molecular flexibility index (Phi) is 5.50. The monoisotopic (exact) mass is 387 g/mol. The third-order valence-corrected chi connectivity index (χ3v) is 4.63. The second kappa shape index (κ2) is 7.83. The van der Waals surface area contributed by atoms with E-state index in [0.29, 0.717) is 22.3 Å². The maximum Gasteiger partial charge on any atom is 0.367 e. The lowest BCUT2D eigenvalue weighted by atomic mass is 10.2. The van der Waals surface area contributed by atoms with Crippen molar-refractivity contribution in [1.82, 2.24) is 19.4 Å². The first-order valence-electron chi connectivity index (χ1n) is 8.45. The van der Waals surface area contributed by atoms with Crippen LogP contribution in [0.4, 0.5) is 5.69 Å². The maximum absolute atomic E-state index is 12.5. The van der Waals surface area contributed by atoms with Gasteiger partial charge in [-0.15, -0.1) is 16.9 Å². The van der Waals surface area contributed by atoms with Crippen molar-refractivity contribution in [3.63, 3.8) is 0 Å². The fourth-order valence-electron chi connectivity index (χ4n) is 2.54. The summed E-state index contributed by atoms with van der Waals surface area (Å²) in [6.45, 7) is 5.80. The zero-order chi connectivity index (χ0) is 19.6. The molecule has 1 amide bonds. The summed E-state index contributed by atoms with van der Waals surface area (Å²) in [6.07, 6.45) is 0. The van der Waals surface area contributed by atoms with Crippen LogP contribution in [0.25, 0.3) is 5.65 Å². The Hall–Kier alpha value is -2.81. The van der Waals surface area contributed by atoms with Crippen LogP contribution in [-0.2, 0) is 11.3 Å². The van der Waals surface area contributed by atoms with Crippen LogP contribution in [0.1, 0.15) is 19.4 Å². The van der Waals surface area contributed by atoms with Crippen LogP contribution in [0.5, 0.6) is 5.75 Å². The molecule has 3 rings (SSSR count). The number of nitrogens with zero attached hydrogens (tertiary/aromatic N) is 4. The number of hydrogen-bond donors (Lipinski definition) is 1. The predicted molar refractivity (Wildman–Crippen MR) is 105 cm³/mol. The molecule has 1 aromatic carbocycles. The SMILES string of the molecule is COc1ccc(C)cc1NC(=O)Cn1nc2ccc(SC(C)C)nn2c1=O. The molecule has 142 valence electrons. The average Bonchev–Trinajstić information content (AvgIpc) is 2.90. The van der Waals surface area contributed by atoms with Gasteiger partial charge in [-0.05, 0) is 36.8 Å². The van der Waals surface area contributed by atoms with Crippen LogP contribution in [0.3, 0.4) is 0 Å². The number of aromatic nitrogens is 4. The minimum atomic E-state index is -0.456. The summed E-state index contributed by atoms with van der Waals surface area (Å²) in [5, 5.41) is 12.3. The van der Waals surface area contributed by atoms with Crippen molar-refractivity contribution in [2.75, 3.05) is 12.4 Å². The van der Waals surface area contributed by atoms with E-state index in [0.717, 1.165) is 15.3 Å². The smallest absolute Gasteiger partial charge is 0.367 e. The number of rotatable bonds is 6. The molecule has 8 nitrogen and oxygen atoms in total. The lowest BCUT2D eigenvalue weighted by molar-refractivity contribution is -0.117. The van der Waals surface area contributed by atoms with Gasteiger partial charge in [0.1, 0.15) is 17.3 Å². The quantitative estimate of drug-likeness (QED) is 0.653. The molecule has 0 radical (unpaired) electrons. The number of amides is 1. The zero-order valence-corrected chi connectivity index (χ0v) is 16.4. The van der Waals surface area contributed by atoms with Gasteiger partial charge in [0, 0.05) is 5.25 Å². The number of anilines is 1. The number of hydrogen-bond acceptors (Lipinski definition) is 6. The molecule has 0 atom stereocenters. The lowest BCUT2D eigenvalue weighted by Crippen LogP contribution is -2.29. The highest BCUT2D eigenvalue weighted by molar-refractivity contribution is 7.99. The number of benzene rings is 1. The summed E-state index contributed by atoms with van der Waals surface area (Å²) >= 11 is 1.55. The Bertz CT molecular complexity index is 1040. The second-order valence-corrected chi connectivity index (χ2v) is 7.90.